The second kappa shape index (κ2) is 7.59. The molecular formula is C13H16Cl2FNO. The van der Waals surface area contributed by atoms with Crippen LogP contribution in [0.15, 0.2) is 18.2 Å². The van der Waals surface area contributed by atoms with Gasteiger partial charge in [0.1, 0.15) is 5.82 Å². The Morgan fingerprint density at radius 2 is 2.22 bits per heavy atom. The van der Waals surface area contributed by atoms with Gasteiger partial charge in [0.05, 0.1) is 5.02 Å². The number of amides is 1. The molecule has 1 unspecified atom stereocenters. The smallest absolute Gasteiger partial charge is 0.251 e. The molecule has 1 amide bonds. The first-order valence-electron chi connectivity index (χ1n) is 5.87. The van der Waals surface area contributed by atoms with Crippen LogP contribution in [-0.2, 0) is 0 Å². The van der Waals surface area contributed by atoms with Gasteiger partial charge in [-0.1, -0.05) is 24.9 Å². The van der Waals surface area contributed by atoms with Gasteiger partial charge < -0.3 is 5.32 Å². The summed E-state index contributed by atoms with van der Waals surface area (Å²) in [6.07, 6.45) is 1.80. The summed E-state index contributed by atoms with van der Waals surface area (Å²) in [5.74, 6) is 0.0449. The molecule has 1 rings (SSSR count). The Balaban J connectivity index is 2.57. The van der Waals surface area contributed by atoms with Gasteiger partial charge >= 0.3 is 0 Å². The molecule has 0 aliphatic carbocycles. The number of carbonyl (C=O) groups excluding carboxylic acids is 1. The second-order valence-corrected chi connectivity index (χ2v) is 4.88. The molecule has 0 fully saturated rings. The fourth-order valence-corrected chi connectivity index (χ4v) is 2.01. The van der Waals surface area contributed by atoms with Crippen molar-refractivity contribution in [3.05, 3.63) is 34.6 Å². The summed E-state index contributed by atoms with van der Waals surface area (Å²) in [5, 5.41) is 2.79. The number of halogens is 3. The van der Waals surface area contributed by atoms with E-state index >= 15 is 0 Å². The van der Waals surface area contributed by atoms with Crippen LogP contribution in [0.2, 0.25) is 5.02 Å². The predicted octanol–water partition coefficient (Wildman–Crippen LogP) is 3.86. The molecule has 0 aliphatic heterocycles. The summed E-state index contributed by atoms with van der Waals surface area (Å²) in [6, 6.07) is 4.02. The third kappa shape index (κ3) is 4.46. The van der Waals surface area contributed by atoms with Crippen LogP contribution >= 0.6 is 23.2 Å². The minimum absolute atomic E-state index is 0.0140. The minimum Gasteiger partial charge on any atom is -0.352 e. The van der Waals surface area contributed by atoms with Gasteiger partial charge in [-0.25, -0.2) is 4.39 Å². The molecule has 0 aliphatic rings. The quantitative estimate of drug-likeness (QED) is 0.792. The zero-order chi connectivity index (χ0) is 13.5. The lowest BCUT2D eigenvalue weighted by atomic mass is 10.0. The summed E-state index contributed by atoms with van der Waals surface area (Å²) < 4.78 is 13.2. The van der Waals surface area contributed by atoms with Gasteiger partial charge in [0.25, 0.3) is 5.91 Å². The monoisotopic (exact) mass is 291 g/mol. The highest BCUT2D eigenvalue weighted by Crippen LogP contribution is 2.15. The summed E-state index contributed by atoms with van der Waals surface area (Å²) in [4.78, 5) is 11.8. The van der Waals surface area contributed by atoms with E-state index in [0.29, 0.717) is 18.3 Å². The van der Waals surface area contributed by atoms with Crippen LogP contribution in [0.1, 0.15) is 30.1 Å². The summed E-state index contributed by atoms with van der Waals surface area (Å²) >= 11 is 11.2. The number of rotatable bonds is 6. The molecule has 1 aromatic rings. The molecule has 0 spiro atoms. The third-order valence-electron chi connectivity index (χ3n) is 2.83. The summed E-state index contributed by atoms with van der Waals surface area (Å²) in [7, 11) is 0. The first kappa shape index (κ1) is 15.3. The molecule has 0 radical (unpaired) electrons. The van der Waals surface area contributed by atoms with E-state index in [4.69, 9.17) is 23.2 Å². The Morgan fingerprint density at radius 1 is 1.50 bits per heavy atom. The maximum absolute atomic E-state index is 13.2. The van der Waals surface area contributed by atoms with E-state index in [1.54, 1.807) is 0 Å². The fourth-order valence-electron chi connectivity index (χ4n) is 1.58. The average molecular weight is 292 g/mol. The van der Waals surface area contributed by atoms with Crippen molar-refractivity contribution in [3.8, 4) is 0 Å². The van der Waals surface area contributed by atoms with Crippen LogP contribution in [-0.4, -0.2) is 18.3 Å². The molecule has 1 aromatic carbocycles. The van der Waals surface area contributed by atoms with Crippen molar-refractivity contribution in [2.75, 3.05) is 12.4 Å². The first-order valence-corrected chi connectivity index (χ1v) is 6.79. The van der Waals surface area contributed by atoms with Crippen molar-refractivity contribution >= 4 is 29.1 Å². The lowest BCUT2D eigenvalue weighted by Crippen LogP contribution is -2.29. The number of hydrogen-bond acceptors (Lipinski definition) is 1. The van der Waals surface area contributed by atoms with Crippen LogP contribution in [0.3, 0.4) is 0 Å². The number of alkyl halides is 1. The maximum Gasteiger partial charge on any atom is 0.251 e. The summed E-state index contributed by atoms with van der Waals surface area (Å²) in [5.41, 5.74) is 0.276. The van der Waals surface area contributed by atoms with Gasteiger partial charge in [-0.15, -0.1) is 11.6 Å². The molecule has 100 valence electrons. The molecule has 5 heteroatoms. The fraction of sp³-hybridized carbons (Fsp3) is 0.462. The van der Waals surface area contributed by atoms with Gasteiger partial charge in [0, 0.05) is 18.0 Å². The van der Waals surface area contributed by atoms with E-state index < -0.39 is 5.82 Å². The number of benzene rings is 1. The molecule has 0 heterocycles. The van der Waals surface area contributed by atoms with E-state index in [1.807, 2.05) is 6.92 Å². The molecule has 0 saturated carbocycles. The van der Waals surface area contributed by atoms with Crippen molar-refractivity contribution in [2.45, 2.75) is 19.8 Å². The van der Waals surface area contributed by atoms with E-state index in [2.05, 4.69) is 5.32 Å². The highest BCUT2D eigenvalue weighted by Gasteiger charge is 2.11. The van der Waals surface area contributed by atoms with E-state index in [0.717, 1.165) is 18.9 Å². The highest BCUT2D eigenvalue weighted by atomic mass is 35.5. The largest absolute Gasteiger partial charge is 0.352 e. The van der Waals surface area contributed by atoms with Crippen LogP contribution in [0.25, 0.3) is 0 Å². The van der Waals surface area contributed by atoms with Crippen LogP contribution in [0.4, 0.5) is 4.39 Å². The standard InChI is InChI=1S/C13H16Cl2FNO/c1-2-9(5-6-14)8-17-13(18)10-3-4-11(15)12(16)7-10/h3-4,7,9H,2,5-6,8H2,1H3,(H,17,18). The van der Waals surface area contributed by atoms with Crippen LogP contribution < -0.4 is 5.32 Å². The minimum atomic E-state index is -0.586. The average Bonchev–Trinajstić information content (AvgIpc) is 2.37. The molecule has 18 heavy (non-hydrogen) atoms. The number of nitrogens with one attached hydrogen (secondary N) is 1. The molecular weight excluding hydrogens is 276 g/mol. The Kier molecular flexibility index (Phi) is 6.44. The lowest BCUT2D eigenvalue weighted by molar-refractivity contribution is 0.0946. The lowest BCUT2D eigenvalue weighted by Gasteiger charge is -2.14. The second-order valence-electron chi connectivity index (χ2n) is 4.09. The van der Waals surface area contributed by atoms with Gasteiger partial charge in [-0.05, 0) is 30.5 Å². The first-order chi connectivity index (χ1) is 8.58. The molecule has 2 nitrogen and oxygen atoms in total. The Bertz CT molecular complexity index is 412. The zero-order valence-electron chi connectivity index (χ0n) is 10.2. The molecule has 0 aromatic heterocycles. The van der Waals surface area contributed by atoms with Crippen molar-refractivity contribution in [3.63, 3.8) is 0 Å². The van der Waals surface area contributed by atoms with Gasteiger partial charge in [-0.3, -0.25) is 4.79 Å². The Morgan fingerprint density at radius 3 is 2.78 bits per heavy atom. The molecule has 1 atom stereocenters. The Hall–Kier alpha value is -0.800. The predicted molar refractivity (Wildman–Crippen MR) is 72.9 cm³/mol. The Labute approximate surface area is 116 Å². The van der Waals surface area contributed by atoms with Crippen molar-refractivity contribution < 1.29 is 9.18 Å². The number of hydrogen-bond donors (Lipinski definition) is 1. The van der Waals surface area contributed by atoms with Crippen LogP contribution in [0.5, 0.6) is 0 Å². The van der Waals surface area contributed by atoms with Gasteiger partial charge in [0.15, 0.2) is 0 Å². The summed E-state index contributed by atoms with van der Waals surface area (Å²) in [6.45, 7) is 2.59. The van der Waals surface area contributed by atoms with Crippen molar-refractivity contribution in [1.29, 1.82) is 0 Å². The van der Waals surface area contributed by atoms with E-state index in [-0.39, 0.29) is 16.5 Å². The number of carbonyl (C=O) groups is 1. The molecule has 1 N–H and O–H groups in total. The van der Waals surface area contributed by atoms with Crippen molar-refractivity contribution in [2.24, 2.45) is 5.92 Å². The van der Waals surface area contributed by atoms with Gasteiger partial charge in [0.2, 0.25) is 0 Å². The third-order valence-corrected chi connectivity index (χ3v) is 3.35. The highest BCUT2D eigenvalue weighted by molar-refractivity contribution is 6.30. The molecule has 0 saturated heterocycles. The SMILES string of the molecule is CCC(CCCl)CNC(=O)c1ccc(Cl)c(F)c1. The van der Waals surface area contributed by atoms with E-state index in [9.17, 15) is 9.18 Å². The normalized spacial score (nSPS) is 12.2. The van der Waals surface area contributed by atoms with E-state index in [1.165, 1.54) is 12.1 Å². The van der Waals surface area contributed by atoms with Gasteiger partial charge in [-0.2, -0.15) is 0 Å². The van der Waals surface area contributed by atoms with Crippen LogP contribution in [0, 0.1) is 11.7 Å². The topological polar surface area (TPSA) is 29.1 Å². The van der Waals surface area contributed by atoms with Crippen molar-refractivity contribution in [1.82, 2.24) is 5.32 Å². The maximum atomic E-state index is 13.2. The zero-order valence-corrected chi connectivity index (χ0v) is 11.7. The molecule has 0 bridgehead atoms.